The fraction of sp³-hybridized carbons (Fsp3) is 0.217. The van der Waals surface area contributed by atoms with Gasteiger partial charge in [-0.2, -0.15) is 0 Å². The van der Waals surface area contributed by atoms with Crippen molar-refractivity contribution in [1.29, 1.82) is 0 Å². The lowest BCUT2D eigenvalue weighted by atomic mass is 10.0. The second kappa shape index (κ2) is 9.23. The summed E-state index contributed by atoms with van der Waals surface area (Å²) >= 11 is 6.46. The summed E-state index contributed by atoms with van der Waals surface area (Å²) in [5, 5.41) is 3.45. The lowest BCUT2D eigenvalue weighted by molar-refractivity contribution is -0.139. The number of amides is 1. The molecule has 0 fully saturated rings. The highest BCUT2D eigenvalue weighted by molar-refractivity contribution is 6.33. The minimum atomic E-state index is -0.322. The highest BCUT2D eigenvalue weighted by atomic mass is 35.5. The fourth-order valence-corrected chi connectivity index (χ4v) is 3.85. The van der Waals surface area contributed by atoms with Crippen LogP contribution in [0.5, 0.6) is 5.88 Å². The van der Waals surface area contributed by atoms with Crippen LogP contribution in [0.3, 0.4) is 0 Å². The molecule has 3 aromatic rings. The first-order valence-corrected chi connectivity index (χ1v) is 10.3. The fourth-order valence-electron chi connectivity index (χ4n) is 3.54. The third-order valence-corrected chi connectivity index (χ3v) is 5.47. The van der Waals surface area contributed by atoms with Gasteiger partial charge in [-0.3, -0.25) is 9.59 Å². The van der Waals surface area contributed by atoms with E-state index < -0.39 is 0 Å². The first-order valence-electron chi connectivity index (χ1n) is 9.95. The molecular formula is C23H21ClN4O4. The van der Waals surface area contributed by atoms with Crippen LogP contribution < -0.4 is 15.0 Å². The van der Waals surface area contributed by atoms with Crippen molar-refractivity contribution in [2.75, 3.05) is 37.5 Å². The van der Waals surface area contributed by atoms with E-state index in [-0.39, 0.29) is 24.2 Å². The largest absolute Gasteiger partial charge is 0.475 e. The summed E-state index contributed by atoms with van der Waals surface area (Å²) in [7, 11) is 3.05. The average Bonchev–Trinajstić information content (AvgIpc) is 2.98. The molecule has 0 spiro atoms. The zero-order valence-electron chi connectivity index (χ0n) is 17.6. The topological polar surface area (TPSA) is 93.7 Å². The molecule has 0 bridgehead atoms. The van der Waals surface area contributed by atoms with Gasteiger partial charge in [0.05, 0.1) is 20.1 Å². The Morgan fingerprint density at radius 2 is 2.00 bits per heavy atom. The number of nitrogens with one attached hydrogen (secondary N) is 1. The number of aromatic nitrogens is 2. The molecule has 8 nitrogen and oxygen atoms in total. The van der Waals surface area contributed by atoms with Gasteiger partial charge in [-0.25, -0.2) is 9.97 Å². The predicted octanol–water partition coefficient (Wildman–Crippen LogP) is 3.59. The quantitative estimate of drug-likeness (QED) is 0.591. The van der Waals surface area contributed by atoms with E-state index in [0.717, 1.165) is 22.4 Å². The van der Waals surface area contributed by atoms with Crippen molar-refractivity contribution >= 4 is 35.0 Å². The number of hydrogen-bond donors (Lipinski definition) is 1. The molecule has 1 aliphatic rings. The summed E-state index contributed by atoms with van der Waals surface area (Å²) in [5.41, 5.74) is 3.52. The van der Waals surface area contributed by atoms with Crippen LogP contribution in [-0.4, -0.2) is 49.2 Å². The highest BCUT2D eigenvalue weighted by Crippen LogP contribution is 2.32. The molecule has 0 saturated carbocycles. The van der Waals surface area contributed by atoms with Gasteiger partial charge in [-0.15, -0.1) is 0 Å². The van der Waals surface area contributed by atoms with Crippen molar-refractivity contribution in [2.45, 2.75) is 6.42 Å². The van der Waals surface area contributed by atoms with Gasteiger partial charge in [0, 0.05) is 23.3 Å². The molecule has 1 amide bonds. The standard InChI is InChI=1S/C23H21ClN4O4/c1-25-21-20-22(27-13-26-21)32-10-9-28(23(20)30)16-6-4-15(5-7-16)17-8-3-14(11-18(17)24)12-19(29)31-2/h3-8,11,13H,9-10,12H2,1-2H3,(H,25,26,27). The number of halogens is 1. The SMILES string of the molecule is CNc1ncnc2c1C(=O)N(c1ccc(-c3ccc(CC(=O)OC)cc3Cl)cc1)CCO2. The number of anilines is 2. The molecule has 9 heteroatoms. The summed E-state index contributed by atoms with van der Waals surface area (Å²) in [5.74, 6) is 0.132. The molecule has 0 atom stereocenters. The molecule has 0 aliphatic carbocycles. The number of carbonyl (C=O) groups excluding carboxylic acids is 2. The third kappa shape index (κ3) is 4.22. The maximum atomic E-state index is 13.2. The molecule has 1 aromatic heterocycles. The van der Waals surface area contributed by atoms with E-state index >= 15 is 0 Å². The Morgan fingerprint density at radius 3 is 2.69 bits per heavy atom. The third-order valence-electron chi connectivity index (χ3n) is 5.16. The molecule has 0 saturated heterocycles. The van der Waals surface area contributed by atoms with E-state index in [2.05, 4.69) is 15.3 Å². The smallest absolute Gasteiger partial charge is 0.309 e. The molecule has 164 valence electrons. The zero-order valence-corrected chi connectivity index (χ0v) is 18.3. The lowest BCUT2D eigenvalue weighted by Gasteiger charge is -2.21. The molecule has 4 rings (SSSR count). The van der Waals surface area contributed by atoms with E-state index in [1.165, 1.54) is 13.4 Å². The number of carbonyl (C=O) groups is 2. The molecule has 0 unspecified atom stereocenters. The van der Waals surface area contributed by atoms with Gasteiger partial charge in [0.25, 0.3) is 5.91 Å². The second-order valence-electron chi connectivity index (χ2n) is 7.07. The number of ether oxygens (including phenoxy) is 2. The molecule has 2 aromatic carbocycles. The molecule has 2 heterocycles. The Balaban J connectivity index is 1.60. The van der Waals surface area contributed by atoms with Crippen molar-refractivity contribution < 1.29 is 19.1 Å². The van der Waals surface area contributed by atoms with Crippen LogP contribution in [0, 0.1) is 0 Å². The van der Waals surface area contributed by atoms with Crippen molar-refractivity contribution in [3.05, 3.63) is 64.9 Å². The van der Waals surface area contributed by atoms with Gasteiger partial charge in [0.15, 0.2) is 0 Å². The monoisotopic (exact) mass is 452 g/mol. The van der Waals surface area contributed by atoms with Crippen LogP contribution in [-0.2, 0) is 16.0 Å². The number of fused-ring (bicyclic) bond motifs is 1. The number of methoxy groups -OCH3 is 1. The number of esters is 1. The highest BCUT2D eigenvalue weighted by Gasteiger charge is 2.29. The minimum Gasteiger partial charge on any atom is -0.475 e. The number of rotatable bonds is 5. The summed E-state index contributed by atoms with van der Waals surface area (Å²) in [6.07, 6.45) is 1.52. The van der Waals surface area contributed by atoms with Gasteiger partial charge in [0.1, 0.15) is 24.3 Å². The Bertz CT molecular complexity index is 1170. The Morgan fingerprint density at radius 1 is 1.22 bits per heavy atom. The minimum absolute atomic E-state index is 0.161. The molecule has 32 heavy (non-hydrogen) atoms. The van der Waals surface area contributed by atoms with Gasteiger partial charge >= 0.3 is 5.97 Å². The molecule has 0 radical (unpaired) electrons. The molecule has 1 N–H and O–H groups in total. The maximum absolute atomic E-state index is 13.2. The average molecular weight is 453 g/mol. The van der Waals surface area contributed by atoms with Crippen molar-refractivity contribution in [3.8, 4) is 17.0 Å². The summed E-state index contributed by atoms with van der Waals surface area (Å²) in [4.78, 5) is 34.6. The van der Waals surface area contributed by atoms with E-state index in [0.29, 0.717) is 29.6 Å². The predicted molar refractivity (Wildman–Crippen MR) is 121 cm³/mol. The zero-order chi connectivity index (χ0) is 22.7. The van der Waals surface area contributed by atoms with Crippen LogP contribution in [0.4, 0.5) is 11.5 Å². The van der Waals surface area contributed by atoms with Crippen molar-refractivity contribution in [2.24, 2.45) is 0 Å². The van der Waals surface area contributed by atoms with E-state index in [1.54, 1.807) is 18.0 Å². The van der Waals surface area contributed by atoms with Crippen molar-refractivity contribution in [1.82, 2.24) is 9.97 Å². The Labute approximate surface area is 190 Å². The number of nitrogens with zero attached hydrogens (tertiary/aromatic N) is 3. The van der Waals surface area contributed by atoms with E-state index in [1.807, 2.05) is 36.4 Å². The van der Waals surface area contributed by atoms with Crippen LogP contribution in [0.2, 0.25) is 5.02 Å². The van der Waals surface area contributed by atoms with E-state index in [4.69, 9.17) is 21.1 Å². The Kier molecular flexibility index (Phi) is 6.23. The van der Waals surface area contributed by atoms with Crippen LogP contribution in [0.25, 0.3) is 11.1 Å². The van der Waals surface area contributed by atoms with Gasteiger partial charge in [-0.1, -0.05) is 35.9 Å². The number of hydrogen-bond acceptors (Lipinski definition) is 7. The van der Waals surface area contributed by atoms with Gasteiger partial charge < -0.3 is 19.7 Å². The first-order chi connectivity index (χ1) is 15.5. The van der Waals surface area contributed by atoms with Crippen molar-refractivity contribution in [3.63, 3.8) is 0 Å². The second-order valence-corrected chi connectivity index (χ2v) is 7.48. The van der Waals surface area contributed by atoms with Crippen LogP contribution in [0.1, 0.15) is 15.9 Å². The lowest BCUT2D eigenvalue weighted by Crippen LogP contribution is -2.32. The number of benzene rings is 2. The molecule has 1 aliphatic heterocycles. The maximum Gasteiger partial charge on any atom is 0.309 e. The van der Waals surface area contributed by atoms with Crippen LogP contribution in [0.15, 0.2) is 48.8 Å². The summed E-state index contributed by atoms with van der Waals surface area (Å²) in [6, 6.07) is 13.0. The van der Waals surface area contributed by atoms with Gasteiger partial charge in [-0.05, 0) is 29.3 Å². The first kappa shape index (κ1) is 21.6. The van der Waals surface area contributed by atoms with E-state index in [9.17, 15) is 9.59 Å². The normalized spacial score (nSPS) is 13.1. The summed E-state index contributed by atoms with van der Waals surface area (Å²) < 4.78 is 10.4. The Hall–Kier alpha value is -3.65. The van der Waals surface area contributed by atoms with Gasteiger partial charge in [0.2, 0.25) is 5.88 Å². The summed E-state index contributed by atoms with van der Waals surface area (Å²) in [6.45, 7) is 0.689. The van der Waals surface area contributed by atoms with Crippen LogP contribution >= 0.6 is 11.6 Å². The molecular weight excluding hydrogens is 432 g/mol.